The summed E-state index contributed by atoms with van der Waals surface area (Å²) in [5, 5.41) is 18.3. The Morgan fingerprint density at radius 3 is 2.00 bits per heavy atom. The summed E-state index contributed by atoms with van der Waals surface area (Å²) >= 11 is 0. The molecule has 0 aliphatic heterocycles. The summed E-state index contributed by atoms with van der Waals surface area (Å²) < 4.78 is 11.6. The maximum atomic E-state index is 9.38. The molecule has 0 radical (unpaired) electrons. The summed E-state index contributed by atoms with van der Waals surface area (Å²) in [6, 6.07) is 26.6. The van der Waals surface area contributed by atoms with Crippen molar-refractivity contribution in [1.29, 1.82) is 0 Å². The minimum Gasteiger partial charge on any atom is -0.491 e. The molecule has 0 fully saturated rings. The first kappa shape index (κ1) is 22.0. The summed E-state index contributed by atoms with van der Waals surface area (Å²) in [6.45, 7) is 0.530. The number of hydrogen-bond donors (Lipinski definition) is 2. The van der Waals surface area contributed by atoms with Gasteiger partial charge in [0.05, 0.1) is 19.8 Å². The van der Waals surface area contributed by atoms with Crippen molar-refractivity contribution in [3.8, 4) is 16.9 Å². The fraction of sp³-hybridized carbons (Fsp3) is 0.214. The molecule has 32 heavy (non-hydrogen) atoms. The second-order valence-electron chi connectivity index (χ2n) is 7.70. The zero-order chi connectivity index (χ0) is 22.2. The molecule has 3 aromatic carbocycles. The smallest absolute Gasteiger partial charge is 0.119 e. The van der Waals surface area contributed by atoms with E-state index in [1.807, 2.05) is 42.5 Å². The van der Waals surface area contributed by atoms with Crippen LogP contribution >= 0.6 is 0 Å². The van der Waals surface area contributed by atoms with Gasteiger partial charge in [0.2, 0.25) is 0 Å². The molecule has 1 atom stereocenters. The van der Waals surface area contributed by atoms with Crippen molar-refractivity contribution < 1.29 is 19.7 Å². The highest BCUT2D eigenvalue weighted by molar-refractivity contribution is 5.76. The number of aliphatic hydroxyl groups is 2. The monoisotopic (exact) mass is 428 g/mol. The van der Waals surface area contributed by atoms with Gasteiger partial charge in [-0.25, -0.2) is 0 Å². The molecule has 0 spiro atoms. The Bertz CT molecular complexity index is 1050. The molecule has 1 aliphatic carbocycles. The largest absolute Gasteiger partial charge is 0.491 e. The normalized spacial score (nSPS) is 17.8. The first-order chi connectivity index (χ1) is 15.7. The van der Waals surface area contributed by atoms with E-state index in [0.717, 1.165) is 28.0 Å². The van der Waals surface area contributed by atoms with Gasteiger partial charge in [-0.15, -0.1) is 0 Å². The van der Waals surface area contributed by atoms with Crippen molar-refractivity contribution in [2.45, 2.75) is 12.0 Å². The molecule has 4 rings (SSSR count). The molecule has 1 aliphatic rings. The molecule has 0 saturated heterocycles. The lowest BCUT2D eigenvalue weighted by Gasteiger charge is -2.33. The van der Waals surface area contributed by atoms with E-state index in [9.17, 15) is 5.11 Å². The Morgan fingerprint density at radius 2 is 1.38 bits per heavy atom. The van der Waals surface area contributed by atoms with Gasteiger partial charge in [0, 0.05) is 6.42 Å². The van der Waals surface area contributed by atoms with Gasteiger partial charge in [0.1, 0.15) is 18.0 Å². The molecule has 0 heterocycles. The summed E-state index contributed by atoms with van der Waals surface area (Å²) in [7, 11) is 0. The van der Waals surface area contributed by atoms with Crippen molar-refractivity contribution in [2.24, 2.45) is 0 Å². The highest BCUT2D eigenvalue weighted by Crippen LogP contribution is 2.38. The lowest BCUT2D eigenvalue weighted by Crippen LogP contribution is -2.29. The summed E-state index contributed by atoms with van der Waals surface area (Å²) in [5.41, 5.74) is 5.00. The molecule has 0 amide bonds. The van der Waals surface area contributed by atoms with Crippen molar-refractivity contribution in [3.63, 3.8) is 0 Å². The zero-order valence-electron chi connectivity index (χ0n) is 18.0. The van der Waals surface area contributed by atoms with E-state index >= 15 is 0 Å². The number of ether oxygens (including phenoxy) is 2. The van der Waals surface area contributed by atoms with Gasteiger partial charge >= 0.3 is 0 Å². The van der Waals surface area contributed by atoms with Gasteiger partial charge in [-0.3, -0.25) is 0 Å². The Kier molecular flexibility index (Phi) is 7.17. The predicted molar refractivity (Wildman–Crippen MR) is 127 cm³/mol. The van der Waals surface area contributed by atoms with Crippen LogP contribution in [-0.4, -0.2) is 36.6 Å². The average molecular weight is 429 g/mol. The Hall–Kier alpha value is -3.18. The number of hydrogen-bond acceptors (Lipinski definition) is 4. The number of allylic oxidation sites excluding steroid dienone is 2. The molecular formula is C28H28O4. The van der Waals surface area contributed by atoms with Crippen molar-refractivity contribution in [3.05, 3.63) is 108 Å². The molecule has 0 saturated carbocycles. The Balaban J connectivity index is 1.54. The first-order valence-electron chi connectivity index (χ1n) is 10.9. The number of benzene rings is 3. The standard InChI is InChI=1S/C28H28O4/c29-18-20-31-27-12-8-24(9-13-27)25-14-16-28(17-15-25,32-21-19-30)26-10-6-23(7-11-26)22-4-2-1-3-5-22/h1-16,29-30H,17-21H2. The Labute approximate surface area is 189 Å². The van der Waals surface area contributed by atoms with Gasteiger partial charge in [0.15, 0.2) is 0 Å². The molecule has 1 unspecified atom stereocenters. The van der Waals surface area contributed by atoms with Gasteiger partial charge < -0.3 is 19.7 Å². The molecule has 164 valence electrons. The average Bonchev–Trinajstić information content (AvgIpc) is 2.87. The number of aliphatic hydroxyl groups excluding tert-OH is 2. The minimum absolute atomic E-state index is 0.00209. The fourth-order valence-electron chi connectivity index (χ4n) is 3.95. The van der Waals surface area contributed by atoms with Gasteiger partial charge in [0.25, 0.3) is 0 Å². The molecule has 0 bridgehead atoms. The van der Waals surface area contributed by atoms with Crippen LogP contribution in [0.1, 0.15) is 17.5 Å². The van der Waals surface area contributed by atoms with E-state index in [4.69, 9.17) is 14.6 Å². The second-order valence-corrected chi connectivity index (χ2v) is 7.70. The molecule has 0 aromatic heterocycles. The van der Waals surface area contributed by atoms with Crippen LogP contribution in [0.4, 0.5) is 0 Å². The van der Waals surface area contributed by atoms with Crippen molar-refractivity contribution in [2.75, 3.05) is 26.4 Å². The van der Waals surface area contributed by atoms with E-state index in [-0.39, 0.29) is 26.4 Å². The third kappa shape index (κ3) is 5.00. The van der Waals surface area contributed by atoms with E-state index in [2.05, 4.69) is 54.6 Å². The summed E-state index contributed by atoms with van der Waals surface area (Å²) in [5.74, 6) is 0.738. The maximum absolute atomic E-state index is 9.38. The van der Waals surface area contributed by atoms with Gasteiger partial charge in [-0.2, -0.15) is 0 Å². The lowest BCUT2D eigenvalue weighted by atomic mass is 9.83. The van der Waals surface area contributed by atoms with Crippen LogP contribution in [-0.2, 0) is 10.3 Å². The van der Waals surface area contributed by atoms with Crippen LogP contribution < -0.4 is 4.74 Å². The van der Waals surface area contributed by atoms with Crippen LogP contribution in [0.2, 0.25) is 0 Å². The molecule has 3 aromatic rings. The van der Waals surface area contributed by atoms with Gasteiger partial charge in [-0.05, 0) is 46.0 Å². The second kappa shape index (κ2) is 10.4. The lowest BCUT2D eigenvalue weighted by molar-refractivity contribution is -0.0273. The van der Waals surface area contributed by atoms with Crippen LogP contribution in [0.5, 0.6) is 5.75 Å². The molecule has 4 nitrogen and oxygen atoms in total. The van der Waals surface area contributed by atoms with Crippen LogP contribution in [0.3, 0.4) is 0 Å². The topological polar surface area (TPSA) is 58.9 Å². The van der Waals surface area contributed by atoms with Crippen LogP contribution in [0.15, 0.2) is 97.1 Å². The molecule has 2 N–H and O–H groups in total. The summed E-state index contributed by atoms with van der Waals surface area (Å²) in [6.07, 6.45) is 7.01. The van der Waals surface area contributed by atoms with Crippen LogP contribution in [0.25, 0.3) is 16.7 Å². The predicted octanol–water partition coefficient (Wildman–Crippen LogP) is 4.97. The molecule has 4 heteroatoms. The van der Waals surface area contributed by atoms with E-state index in [0.29, 0.717) is 6.42 Å². The SMILES string of the molecule is OCCOc1ccc(C2=CCC(OCCO)(c3ccc(-c4ccccc4)cc3)C=C2)cc1. The highest BCUT2D eigenvalue weighted by atomic mass is 16.5. The third-order valence-electron chi connectivity index (χ3n) is 5.64. The van der Waals surface area contributed by atoms with E-state index < -0.39 is 5.60 Å². The minimum atomic E-state index is -0.606. The van der Waals surface area contributed by atoms with E-state index in [1.165, 1.54) is 5.56 Å². The first-order valence-corrected chi connectivity index (χ1v) is 10.9. The number of rotatable bonds is 9. The van der Waals surface area contributed by atoms with Crippen molar-refractivity contribution >= 4 is 5.57 Å². The van der Waals surface area contributed by atoms with Gasteiger partial charge in [-0.1, -0.05) is 78.9 Å². The highest BCUT2D eigenvalue weighted by Gasteiger charge is 2.31. The summed E-state index contributed by atoms with van der Waals surface area (Å²) in [4.78, 5) is 0. The molecular weight excluding hydrogens is 400 g/mol. The van der Waals surface area contributed by atoms with Crippen LogP contribution in [0, 0.1) is 0 Å². The van der Waals surface area contributed by atoms with E-state index in [1.54, 1.807) is 0 Å². The third-order valence-corrected chi connectivity index (χ3v) is 5.64. The van der Waals surface area contributed by atoms with Crippen molar-refractivity contribution in [1.82, 2.24) is 0 Å². The zero-order valence-corrected chi connectivity index (χ0v) is 18.0. The fourth-order valence-corrected chi connectivity index (χ4v) is 3.95. The maximum Gasteiger partial charge on any atom is 0.119 e. The quantitative estimate of drug-likeness (QED) is 0.505. The Morgan fingerprint density at radius 1 is 0.719 bits per heavy atom.